The van der Waals surface area contributed by atoms with E-state index in [1.165, 1.54) is 17.7 Å². The van der Waals surface area contributed by atoms with Crippen molar-refractivity contribution in [2.45, 2.75) is 32.4 Å². The lowest BCUT2D eigenvalue weighted by Crippen LogP contribution is -2.37. The van der Waals surface area contributed by atoms with Crippen LogP contribution in [-0.2, 0) is 6.54 Å². The van der Waals surface area contributed by atoms with Crippen LogP contribution in [0.2, 0.25) is 0 Å². The zero-order chi connectivity index (χ0) is 16.9. The van der Waals surface area contributed by atoms with E-state index in [0.717, 1.165) is 43.8 Å². The monoisotopic (exact) mass is 327 g/mol. The normalized spacial score (nSPS) is 16.1. The van der Waals surface area contributed by atoms with E-state index in [0.29, 0.717) is 0 Å². The van der Waals surface area contributed by atoms with Crippen molar-refractivity contribution in [2.24, 2.45) is 0 Å². The molecule has 0 atom stereocenters. The number of carbonyl (C=O) groups excluding carboxylic acids is 1. The topological polar surface area (TPSA) is 29.5 Å². The summed E-state index contributed by atoms with van der Waals surface area (Å²) in [7, 11) is 0. The van der Waals surface area contributed by atoms with Crippen LogP contribution in [0, 0.1) is 5.82 Å². The molecule has 1 aliphatic heterocycles. The van der Waals surface area contributed by atoms with Gasteiger partial charge in [-0.1, -0.05) is 24.3 Å². The van der Waals surface area contributed by atoms with Crippen molar-refractivity contribution >= 4 is 5.78 Å². The number of nitrogens with zero attached hydrogens (tertiary/aromatic N) is 1. The van der Waals surface area contributed by atoms with E-state index in [9.17, 15) is 9.18 Å². The summed E-state index contributed by atoms with van der Waals surface area (Å²) >= 11 is 0. The van der Waals surface area contributed by atoms with Crippen molar-refractivity contribution in [3.8, 4) is 5.75 Å². The average Bonchev–Trinajstić information content (AvgIpc) is 2.59. The number of halogens is 1. The molecule has 126 valence electrons. The lowest BCUT2D eigenvalue weighted by Gasteiger charge is -2.32. The molecule has 3 nitrogen and oxygen atoms in total. The van der Waals surface area contributed by atoms with Gasteiger partial charge in [0.1, 0.15) is 17.7 Å². The zero-order valence-electron chi connectivity index (χ0n) is 13.9. The molecular formula is C20H22FNO2. The summed E-state index contributed by atoms with van der Waals surface area (Å²) in [4.78, 5) is 13.7. The molecule has 0 bridgehead atoms. The Morgan fingerprint density at radius 3 is 2.29 bits per heavy atom. The maximum Gasteiger partial charge on any atom is 0.159 e. The summed E-state index contributed by atoms with van der Waals surface area (Å²) in [5.74, 6) is 0.586. The van der Waals surface area contributed by atoms with Gasteiger partial charge >= 0.3 is 0 Å². The third-order valence-electron chi connectivity index (χ3n) is 4.42. The first-order valence-electron chi connectivity index (χ1n) is 8.34. The van der Waals surface area contributed by atoms with E-state index in [2.05, 4.69) is 4.90 Å². The number of hydrogen-bond acceptors (Lipinski definition) is 3. The molecule has 1 heterocycles. The molecule has 0 unspecified atom stereocenters. The minimum absolute atomic E-state index is 0.0975. The molecule has 0 aromatic heterocycles. The van der Waals surface area contributed by atoms with Crippen LogP contribution >= 0.6 is 0 Å². The first-order chi connectivity index (χ1) is 11.6. The maximum atomic E-state index is 12.9. The smallest absolute Gasteiger partial charge is 0.159 e. The van der Waals surface area contributed by atoms with Crippen LogP contribution in [0.4, 0.5) is 4.39 Å². The highest BCUT2D eigenvalue weighted by molar-refractivity contribution is 5.93. The van der Waals surface area contributed by atoms with Gasteiger partial charge in [0.05, 0.1) is 0 Å². The van der Waals surface area contributed by atoms with Crippen LogP contribution in [0.15, 0.2) is 48.5 Å². The molecule has 1 saturated heterocycles. The summed E-state index contributed by atoms with van der Waals surface area (Å²) < 4.78 is 18.8. The molecule has 1 aliphatic rings. The van der Waals surface area contributed by atoms with Gasteiger partial charge in [-0.25, -0.2) is 4.39 Å². The highest BCUT2D eigenvalue weighted by atomic mass is 19.1. The Morgan fingerprint density at radius 2 is 1.71 bits per heavy atom. The largest absolute Gasteiger partial charge is 0.490 e. The number of ether oxygens (including phenoxy) is 1. The first kappa shape index (κ1) is 16.7. The van der Waals surface area contributed by atoms with Crippen molar-refractivity contribution in [3.63, 3.8) is 0 Å². The Kier molecular flexibility index (Phi) is 5.26. The summed E-state index contributed by atoms with van der Waals surface area (Å²) in [5.41, 5.74) is 1.98. The van der Waals surface area contributed by atoms with Crippen LogP contribution in [-0.4, -0.2) is 29.9 Å². The van der Waals surface area contributed by atoms with Crippen LogP contribution in [0.3, 0.4) is 0 Å². The van der Waals surface area contributed by atoms with Gasteiger partial charge in [-0.05, 0) is 49.6 Å². The Morgan fingerprint density at radius 1 is 1.08 bits per heavy atom. The Labute approximate surface area is 142 Å². The van der Waals surface area contributed by atoms with Gasteiger partial charge in [-0.2, -0.15) is 0 Å². The van der Waals surface area contributed by atoms with Crippen molar-refractivity contribution in [2.75, 3.05) is 13.1 Å². The van der Waals surface area contributed by atoms with Gasteiger partial charge in [0, 0.05) is 25.2 Å². The van der Waals surface area contributed by atoms with Gasteiger partial charge in [0.15, 0.2) is 5.78 Å². The van der Waals surface area contributed by atoms with E-state index < -0.39 is 0 Å². The first-order valence-corrected chi connectivity index (χ1v) is 8.34. The number of benzene rings is 2. The number of hydrogen-bond donors (Lipinski definition) is 0. The van der Waals surface area contributed by atoms with Crippen molar-refractivity contribution < 1.29 is 13.9 Å². The van der Waals surface area contributed by atoms with Crippen LogP contribution in [0.1, 0.15) is 35.7 Å². The standard InChI is InChI=1S/C20H22FNO2/c1-15(23)17-4-2-16(3-5-17)14-22-12-10-20(11-13-22)24-19-8-6-18(21)7-9-19/h2-9,20H,10-14H2,1H3. The molecule has 24 heavy (non-hydrogen) atoms. The van der Waals surface area contributed by atoms with Crippen molar-refractivity contribution in [3.05, 3.63) is 65.5 Å². The summed E-state index contributed by atoms with van der Waals surface area (Å²) in [6.45, 7) is 4.42. The fourth-order valence-corrected chi connectivity index (χ4v) is 2.99. The number of rotatable bonds is 5. The second kappa shape index (κ2) is 7.58. The molecule has 0 N–H and O–H groups in total. The highest BCUT2D eigenvalue weighted by Gasteiger charge is 2.20. The molecule has 2 aromatic rings. The third-order valence-corrected chi connectivity index (χ3v) is 4.42. The second-order valence-electron chi connectivity index (χ2n) is 6.30. The summed E-state index contributed by atoms with van der Waals surface area (Å²) in [6.07, 6.45) is 2.11. The average molecular weight is 327 g/mol. The fraction of sp³-hybridized carbons (Fsp3) is 0.350. The van der Waals surface area contributed by atoms with Gasteiger partial charge < -0.3 is 4.74 Å². The molecule has 3 rings (SSSR count). The van der Waals surface area contributed by atoms with Crippen LogP contribution < -0.4 is 4.74 Å². The van der Waals surface area contributed by atoms with Gasteiger partial charge in [-0.3, -0.25) is 9.69 Å². The lowest BCUT2D eigenvalue weighted by molar-refractivity contribution is 0.0966. The third kappa shape index (κ3) is 4.42. The van der Waals surface area contributed by atoms with Crippen molar-refractivity contribution in [1.29, 1.82) is 0 Å². The SMILES string of the molecule is CC(=O)c1ccc(CN2CCC(Oc3ccc(F)cc3)CC2)cc1. The maximum absolute atomic E-state index is 12.9. The Hall–Kier alpha value is -2.20. The van der Waals surface area contributed by atoms with E-state index in [-0.39, 0.29) is 17.7 Å². The van der Waals surface area contributed by atoms with Gasteiger partial charge in [0.2, 0.25) is 0 Å². The molecule has 0 aliphatic carbocycles. The van der Waals surface area contributed by atoms with E-state index in [4.69, 9.17) is 4.74 Å². The predicted octanol–water partition coefficient (Wildman–Crippen LogP) is 4.07. The van der Waals surface area contributed by atoms with E-state index in [1.807, 2.05) is 24.3 Å². The molecule has 4 heteroatoms. The number of Topliss-reactive ketones (excluding diaryl/α,β-unsaturated/α-hetero) is 1. The minimum atomic E-state index is -0.243. The Balaban J connectivity index is 1.48. The van der Waals surface area contributed by atoms with Gasteiger partial charge in [-0.15, -0.1) is 0 Å². The molecule has 1 fully saturated rings. The fourth-order valence-electron chi connectivity index (χ4n) is 2.99. The molecular weight excluding hydrogens is 305 g/mol. The Bertz CT molecular complexity index is 674. The summed E-state index contributed by atoms with van der Waals surface area (Å²) in [6, 6.07) is 14.0. The van der Waals surface area contributed by atoms with E-state index >= 15 is 0 Å². The summed E-state index contributed by atoms with van der Waals surface area (Å²) in [5, 5.41) is 0. The second-order valence-corrected chi connectivity index (χ2v) is 6.30. The zero-order valence-corrected chi connectivity index (χ0v) is 13.9. The van der Waals surface area contributed by atoms with Crippen LogP contribution in [0.25, 0.3) is 0 Å². The molecule has 0 spiro atoms. The number of carbonyl (C=O) groups is 1. The highest BCUT2D eigenvalue weighted by Crippen LogP contribution is 2.20. The molecule has 2 aromatic carbocycles. The number of ketones is 1. The number of piperidine rings is 1. The van der Waals surface area contributed by atoms with Crippen molar-refractivity contribution in [1.82, 2.24) is 4.90 Å². The quantitative estimate of drug-likeness (QED) is 0.775. The lowest BCUT2D eigenvalue weighted by atomic mass is 10.1. The number of likely N-dealkylation sites (tertiary alicyclic amines) is 1. The minimum Gasteiger partial charge on any atom is -0.490 e. The molecule has 0 saturated carbocycles. The van der Waals surface area contributed by atoms with E-state index in [1.54, 1.807) is 19.1 Å². The van der Waals surface area contributed by atoms with Crippen LogP contribution in [0.5, 0.6) is 5.75 Å². The predicted molar refractivity (Wildman–Crippen MR) is 91.8 cm³/mol. The molecule has 0 radical (unpaired) electrons. The van der Waals surface area contributed by atoms with Gasteiger partial charge in [0.25, 0.3) is 0 Å². The molecule has 0 amide bonds.